The molecule has 4 saturated heterocycles. The van der Waals surface area contributed by atoms with Gasteiger partial charge in [-0.05, 0) is 110 Å². The number of sulfonamides is 1. The summed E-state index contributed by atoms with van der Waals surface area (Å²) < 4.78 is 53.8. The van der Waals surface area contributed by atoms with Crippen molar-refractivity contribution in [1.29, 1.82) is 0 Å². The predicted molar refractivity (Wildman–Crippen MR) is 257 cm³/mol. The third-order valence-corrected chi connectivity index (χ3v) is 16.5. The molecule has 1 spiro atoms. The number of nitrogens with zero attached hydrogens (tertiary/aromatic N) is 5. The summed E-state index contributed by atoms with van der Waals surface area (Å²) in [7, 11) is -4.61. The monoisotopic (exact) mass is 946 g/mol. The van der Waals surface area contributed by atoms with Gasteiger partial charge in [-0.1, -0.05) is 38.1 Å². The molecule has 11 rings (SSSR count). The molecule has 3 N–H and O–H groups in total. The zero-order valence-electron chi connectivity index (χ0n) is 38.4. The largest absolute Gasteiger partial charge is 0.468 e. The molecule has 0 bridgehead atoms. The lowest BCUT2D eigenvalue weighted by Gasteiger charge is -2.56. The number of hydrogen-bond acceptors (Lipinski definition) is 14. The van der Waals surface area contributed by atoms with Gasteiger partial charge < -0.3 is 39.0 Å². The van der Waals surface area contributed by atoms with Crippen molar-refractivity contribution in [2.75, 3.05) is 74.3 Å². The Morgan fingerprint density at radius 2 is 1.81 bits per heavy atom. The molecule has 4 atom stereocenters. The summed E-state index contributed by atoms with van der Waals surface area (Å²) in [6.07, 6.45) is 8.00. The molecule has 0 radical (unpaired) electrons. The van der Waals surface area contributed by atoms with Gasteiger partial charge in [-0.15, -0.1) is 0 Å². The molecule has 68 heavy (non-hydrogen) atoms. The zero-order chi connectivity index (χ0) is 46.7. The molecule has 5 fully saturated rings. The summed E-state index contributed by atoms with van der Waals surface area (Å²) in [4.78, 5) is 40.9. The van der Waals surface area contributed by atoms with Crippen LogP contribution in [0.25, 0.3) is 11.0 Å². The molecule has 1 aliphatic carbocycles. The normalized spacial score (nSPS) is 23.9. The maximum absolute atomic E-state index is 14.6. The van der Waals surface area contributed by atoms with Crippen LogP contribution < -0.4 is 24.6 Å². The number of nitro groups is 1. The van der Waals surface area contributed by atoms with Gasteiger partial charge in [0, 0.05) is 55.1 Å². The first-order valence-electron chi connectivity index (χ1n) is 24.0. The fraction of sp³-hybridized carbons (Fsp3) is 0.480. The Labute approximate surface area is 395 Å². The second-order valence-corrected chi connectivity index (χ2v) is 21.3. The summed E-state index contributed by atoms with van der Waals surface area (Å²) in [5, 5.41) is 16.1. The minimum absolute atomic E-state index is 0.0991. The Hall–Kier alpha value is -5.79. The number of rotatable bonds is 12. The van der Waals surface area contributed by atoms with Crippen LogP contribution in [0.5, 0.6) is 5.88 Å². The Morgan fingerprint density at radius 1 is 0.971 bits per heavy atom. The van der Waals surface area contributed by atoms with Crippen LogP contribution >= 0.6 is 0 Å². The fourth-order valence-corrected chi connectivity index (χ4v) is 12.6. The molecular formula is C50H58N8O9S. The van der Waals surface area contributed by atoms with Gasteiger partial charge in [0.1, 0.15) is 23.1 Å². The van der Waals surface area contributed by atoms with Crippen LogP contribution in [-0.4, -0.2) is 118 Å². The molecule has 5 aliphatic heterocycles. The molecule has 1 amide bonds. The summed E-state index contributed by atoms with van der Waals surface area (Å²) in [6.45, 7) is 9.46. The summed E-state index contributed by atoms with van der Waals surface area (Å²) in [5.74, 6) is -0.0342. The number of hydrogen-bond donors (Lipinski definition) is 3. The van der Waals surface area contributed by atoms with Gasteiger partial charge in [0.05, 0.1) is 66.2 Å². The van der Waals surface area contributed by atoms with Crippen molar-refractivity contribution in [1.82, 2.24) is 19.6 Å². The van der Waals surface area contributed by atoms with E-state index in [1.807, 2.05) is 29.2 Å². The van der Waals surface area contributed by atoms with E-state index in [4.69, 9.17) is 23.9 Å². The number of fused-ring (bicyclic) bond motifs is 3. The number of aromatic nitrogens is 2. The predicted octanol–water partition coefficient (Wildman–Crippen LogP) is 7.42. The molecule has 6 aliphatic rings. The number of ether oxygens (including phenoxy) is 4. The molecule has 5 aromatic rings. The van der Waals surface area contributed by atoms with Crippen molar-refractivity contribution in [2.24, 2.45) is 5.41 Å². The van der Waals surface area contributed by atoms with Crippen molar-refractivity contribution < 1.29 is 37.1 Å². The van der Waals surface area contributed by atoms with E-state index in [1.54, 1.807) is 12.3 Å². The van der Waals surface area contributed by atoms with Gasteiger partial charge in [-0.25, -0.2) is 13.1 Å². The van der Waals surface area contributed by atoms with E-state index in [-0.39, 0.29) is 35.4 Å². The number of likely N-dealkylation sites (tertiary alicyclic amines) is 1. The number of nitro benzene ring substituents is 1. The topological polar surface area (TPSA) is 194 Å². The van der Waals surface area contributed by atoms with Gasteiger partial charge in [0.15, 0.2) is 0 Å². The zero-order valence-corrected chi connectivity index (χ0v) is 39.2. The van der Waals surface area contributed by atoms with Crippen molar-refractivity contribution in [2.45, 2.75) is 93.5 Å². The SMILES string of the molecule is CC(C)c1ccccc1[C@@H]1CCCN1C1CC2(CCN(c3ccc(C(=O)NS(=O)(=O)c4ccc(NC[C@H]5COCCO5)c([N+](=O)[O-])c4)c(N4c5cc6cc[nH]c6nc5O[C@@H]5COC[C@H]54)c3)CC2)C1. The second-order valence-electron chi connectivity index (χ2n) is 19.6. The lowest BCUT2D eigenvalue weighted by Crippen LogP contribution is -2.55. The third kappa shape index (κ3) is 8.33. The average Bonchev–Trinajstić information content (AvgIpc) is 4.13. The van der Waals surface area contributed by atoms with E-state index in [9.17, 15) is 23.3 Å². The highest BCUT2D eigenvalue weighted by molar-refractivity contribution is 7.90. The van der Waals surface area contributed by atoms with E-state index in [0.29, 0.717) is 73.9 Å². The number of benzene rings is 3. The lowest BCUT2D eigenvalue weighted by molar-refractivity contribution is -0.384. The minimum atomic E-state index is -4.61. The first-order valence-corrected chi connectivity index (χ1v) is 25.5. The van der Waals surface area contributed by atoms with Gasteiger partial charge in [-0.3, -0.25) is 19.8 Å². The number of carbonyl (C=O) groups excluding carboxylic acids is 1. The molecule has 0 unspecified atom stereocenters. The smallest absolute Gasteiger partial charge is 0.293 e. The summed E-state index contributed by atoms with van der Waals surface area (Å²) in [5.41, 5.74) is 5.65. The number of nitrogens with one attached hydrogen (secondary N) is 3. The van der Waals surface area contributed by atoms with Crippen LogP contribution in [0.3, 0.4) is 0 Å². The lowest BCUT2D eigenvalue weighted by atomic mass is 9.59. The van der Waals surface area contributed by atoms with Crippen LogP contribution in [0.1, 0.15) is 85.8 Å². The molecule has 358 valence electrons. The minimum Gasteiger partial charge on any atom is -0.468 e. The molecule has 7 heterocycles. The molecular weight excluding hydrogens is 889 g/mol. The van der Waals surface area contributed by atoms with Gasteiger partial charge >= 0.3 is 0 Å². The highest BCUT2D eigenvalue weighted by Gasteiger charge is 2.50. The van der Waals surface area contributed by atoms with E-state index >= 15 is 0 Å². The Bertz CT molecular complexity index is 2830. The van der Waals surface area contributed by atoms with Crippen molar-refractivity contribution >= 4 is 55.4 Å². The molecule has 2 aromatic heterocycles. The van der Waals surface area contributed by atoms with Crippen molar-refractivity contribution in [3.63, 3.8) is 0 Å². The maximum atomic E-state index is 14.6. The van der Waals surface area contributed by atoms with Crippen LogP contribution in [-0.2, 0) is 24.2 Å². The van der Waals surface area contributed by atoms with E-state index in [2.05, 4.69) is 62.9 Å². The highest BCUT2D eigenvalue weighted by atomic mass is 32.2. The first kappa shape index (κ1) is 44.7. The number of H-pyrrole nitrogens is 1. The van der Waals surface area contributed by atoms with Crippen molar-refractivity contribution in [3.8, 4) is 5.88 Å². The van der Waals surface area contributed by atoms with Gasteiger partial charge in [0.25, 0.3) is 21.6 Å². The maximum Gasteiger partial charge on any atom is 0.293 e. The quantitative estimate of drug-likeness (QED) is 0.0826. The molecule has 18 heteroatoms. The number of pyridine rings is 1. The van der Waals surface area contributed by atoms with Crippen LogP contribution in [0, 0.1) is 15.5 Å². The summed E-state index contributed by atoms with van der Waals surface area (Å²) >= 11 is 0. The van der Waals surface area contributed by atoms with Crippen LogP contribution in [0.2, 0.25) is 0 Å². The Kier molecular flexibility index (Phi) is 11.8. The summed E-state index contributed by atoms with van der Waals surface area (Å²) in [6, 6.07) is 22.6. The standard InChI is InChI=1S/C50H58N8O9S/c1-31(2)37-6-3-4-7-38(37)41-8-5-17-56(41)34-25-50(26-34)14-18-55(19-15-50)33-9-11-39(42(23-33)57-44-22-32-13-16-51-47(32)53-49(44)67-46-30-65-29-45(46)57)48(59)54-68(62,63)36-10-12-40(43(24-36)58(60)61)52-27-35-28-64-20-21-66-35/h3-4,6-7,9-13,16,22-24,31,34-35,41,45-46,52H,5,8,14-15,17-21,25-30H2,1-2H3,(H,51,53)(H,54,59)/t35-,41-,45+,46+/m0/s1. The Balaban J connectivity index is 0.865. The van der Waals surface area contributed by atoms with E-state index < -0.39 is 37.5 Å². The molecule has 17 nitrogen and oxygen atoms in total. The van der Waals surface area contributed by atoms with Crippen LogP contribution in [0.15, 0.2) is 83.9 Å². The number of carbonyl (C=O) groups is 1. The first-order chi connectivity index (χ1) is 32.9. The Morgan fingerprint density at radius 3 is 2.60 bits per heavy atom. The number of piperidine rings is 1. The number of anilines is 4. The molecule has 3 aromatic carbocycles. The van der Waals surface area contributed by atoms with Gasteiger partial charge in [0.2, 0.25) is 5.88 Å². The highest BCUT2D eigenvalue weighted by Crippen LogP contribution is 2.55. The third-order valence-electron chi connectivity index (χ3n) is 15.2. The van der Waals surface area contributed by atoms with E-state index in [1.165, 1.54) is 48.9 Å². The number of amides is 1. The molecule has 1 saturated carbocycles. The van der Waals surface area contributed by atoms with Crippen molar-refractivity contribution in [3.05, 3.63) is 106 Å². The van der Waals surface area contributed by atoms with E-state index in [0.717, 1.165) is 49.6 Å². The van der Waals surface area contributed by atoms with Gasteiger partial charge in [-0.2, -0.15) is 4.98 Å². The number of aromatic amines is 1. The van der Waals surface area contributed by atoms with Crippen LogP contribution in [0.4, 0.5) is 28.4 Å². The average molecular weight is 947 g/mol. The second kappa shape index (κ2) is 17.9. The fourth-order valence-electron chi connectivity index (χ4n) is 11.6.